The molecule has 0 amide bonds. The van der Waals surface area contributed by atoms with Crippen LogP contribution >= 0.6 is 0 Å². The Morgan fingerprint density at radius 3 is 2.75 bits per heavy atom. The number of ether oxygens (including phenoxy) is 1. The van der Waals surface area contributed by atoms with E-state index in [0.29, 0.717) is 16.7 Å². The van der Waals surface area contributed by atoms with Crippen LogP contribution in [-0.2, 0) is 10.8 Å². The van der Waals surface area contributed by atoms with Gasteiger partial charge in [0.15, 0.2) is 11.3 Å². The van der Waals surface area contributed by atoms with Crippen LogP contribution in [0.5, 0.6) is 5.75 Å². The highest BCUT2D eigenvalue weighted by Gasteiger charge is 2.12. The van der Waals surface area contributed by atoms with Crippen molar-refractivity contribution in [1.29, 1.82) is 0 Å². The second-order valence-corrected chi connectivity index (χ2v) is 4.57. The lowest BCUT2D eigenvalue weighted by Gasteiger charge is -2.04. The molecular weight excluding hydrogens is 228 g/mol. The summed E-state index contributed by atoms with van der Waals surface area (Å²) >= 11 is 0. The van der Waals surface area contributed by atoms with Gasteiger partial charge in [-0.1, -0.05) is 6.07 Å². The fourth-order valence-electron chi connectivity index (χ4n) is 1.47. The largest absolute Gasteiger partial charge is 0.493 e. The number of fused-ring (bicyclic) bond motifs is 1. The molecule has 0 saturated carbocycles. The molecule has 0 fully saturated rings. The Kier molecular flexibility index (Phi) is 2.78. The van der Waals surface area contributed by atoms with Crippen LogP contribution < -0.4 is 10.2 Å². The van der Waals surface area contributed by atoms with Gasteiger partial charge in [0, 0.05) is 6.26 Å². The van der Waals surface area contributed by atoms with Crippen molar-refractivity contribution >= 4 is 21.8 Å². The number of para-hydroxylation sites is 1. The zero-order chi connectivity index (χ0) is 11.7. The standard InChI is InChI=1S/C11H10O4S/c1-14-8-5-3-4-7-10(12)9(16(2)13)6-15-11(7)8/h3-6H,1-2H3. The van der Waals surface area contributed by atoms with Crippen molar-refractivity contribution in [3.63, 3.8) is 0 Å². The molecule has 16 heavy (non-hydrogen) atoms. The van der Waals surface area contributed by atoms with Crippen LogP contribution in [0.1, 0.15) is 0 Å². The first kappa shape index (κ1) is 10.9. The summed E-state index contributed by atoms with van der Waals surface area (Å²) in [5.74, 6) is 0.489. The van der Waals surface area contributed by atoms with Crippen LogP contribution in [0.3, 0.4) is 0 Å². The highest BCUT2D eigenvalue weighted by Crippen LogP contribution is 2.23. The molecule has 1 unspecified atom stereocenters. The first-order chi connectivity index (χ1) is 7.65. The molecule has 0 spiro atoms. The van der Waals surface area contributed by atoms with E-state index in [0.717, 1.165) is 0 Å². The molecule has 2 rings (SSSR count). The topological polar surface area (TPSA) is 56.5 Å². The van der Waals surface area contributed by atoms with E-state index in [1.165, 1.54) is 19.6 Å². The summed E-state index contributed by atoms with van der Waals surface area (Å²) in [4.78, 5) is 12.1. The molecule has 0 N–H and O–H groups in total. The Hall–Kier alpha value is -1.62. The van der Waals surface area contributed by atoms with E-state index in [1.54, 1.807) is 18.2 Å². The fourth-order valence-corrected chi connectivity index (χ4v) is 2.03. The fraction of sp³-hybridized carbons (Fsp3) is 0.182. The highest BCUT2D eigenvalue weighted by atomic mass is 32.2. The van der Waals surface area contributed by atoms with Gasteiger partial charge >= 0.3 is 0 Å². The van der Waals surface area contributed by atoms with Crippen molar-refractivity contribution in [2.24, 2.45) is 0 Å². The molecule has 1 aromatic carbocycles. The van der Waals surface area contributed by atoms with E-state index in [2.05, 4.69) is 0 Å². The van der Waals surface area contributed by atoms with Crippen LogP contribution in [0.2, 0.25) is 0 Å². The van der Waals surface area contributed by atoms with Crippen LogP contribution in [0.15, 0.2) is 38.6 Å². The van der Waals surface area contributed by atoms with Crippen molar-refractivity contribution in [3.05, 3.63) is 34.7 Å². The molecule has 0 saturated heterocycles. The molecule has 0 radical (unpaired) electrons. The Bertz CT molecular complexity index is 615. The summed E-state index contributed by atoms with van der Waals surface area (Å²) in [7, 11) is 0.148. The summed E-state index contributed by atoms with van der Waals surface area (Å²) < 4.78 is 21.6. The maximum absolute atomic E-state index is 11.9. The molecule has 1 aromatic heterocycles. The van der Waals surface area contributed by atoms with Crippen molar-refractivity contribution in [1.82, 2.24) is 0 Å². The minimum absolute atomic E-state index is 0.167. The average Bonchev–Trinajstić information content (AvgIpc) is 2.28. The summed E-state index contributed by atoms with van der Waals surface area (Å²) in [6, 6.07) is 5.02. The lowest BCUT2D eigenvalue weighted by Crippen LogP contribution is -2.09. The van der Waals surface area contributed by atoms with Gasteiger partial charge in [-0.2, -0.15) is 0 Å². The minimum atomic E-state index is -1.35. The van der Waals surface area contributed by atoms with E-state index >= 15 is 0 Å². The van der Waals surface area contributed by atoms with Gasteiger partial charge < -0.3 is 9.15 Å². The maximum atomic E-state index is 11.9. The third-order valence-corrected chi connectivity index (χ3v) is 3.16. The molecule has 0 aliphatic rings. The van der Waals surface area contributed by atoms with Gasteiger partial charge in [0.1, 0.15) is 11.2 Å². The monoisotopic (exact) mass is 238 g/mol. The van der Waals surface area contributed by atoms with Crippen LogP contribution in [-0.4, -0.2) is 17.6 Å². The van der Waals surface area contributed by atoms with Gasteiger partial charge in [-0.25, -0.2) is 0 Å². The second-order valence-electron chi connectivity index (χ2n) is 3.22. The molecule has 2 aromatic rings. The van der Waals surface area contributed by atoms with E-state index in [1.807, 2.05) is 0 Å². The van der Waals surface area contributed by atoms with E-state index in [-0.39, 0.29) is 10.3 Å². The zero-order valence-electron chi connectivity index (χ0n) is 8.85. The van der Waals surface area contributed by atoms with Crippen molar-refractivity contribution < 1.29 is 13.4 Å². The molecule has 1 heterocycles. The van der Waals surface area contributed by atoms with Crippen molar-refractivity contribution in [2.45, 2.75) is 4.90 Å². The van der Waals surface area contributed by atoms with E-state index < -0.39 is 10.8 Å². The lowest BCUT2D eigenvalue weighted by molar-refractivity contribution is 0.408. The van der Waals surface area contributed by atoms with Gasteiger partial charge in [0.25, 0.3) is 0 Å². The van der Waals surface area contributed by atoms with Crippen molar-refractivity contribution in [2.75, 3.05) is 13.4 Å². The quantitative estimate of drug-likeness (QED) is 0.796. The summed E-state index contributed by atoms with van der Waals surface area (Å²) in [6.07, 6.45) is 2.67. The molecule has 0 aliphatic heterocycles. The van der Waals surface area contributed by atoms with Crippen LogP contribution in [0.25, 0.3) is 11.0 Å². The lowest BCUT2D eigenvalue weighted by atomic mass is 10.2. The molecular formula is C11H10O4S. The summed E-state index contributed by atoms with van der Waals surface area (Å²) in [5.41, 5.74) is 0.102. The highest BCUT2D eigenvalue weighted by molar-refractivity contribution is 7.84. The number of hydrogen-bond donors (Lipinski definition) is 0. The smallest absolute Gasteiger partial charge is 0.208 e. The molecule has 1 atom stereocenters. The predicted octanol–water partition coefficient (Wildman–Crippen LogP) is 1.54. The molecule has 0 bridgehead atoms. The first-order valence-electron chi connectivity index (χ1n) is 4.57. The minimum Gasteiger partial charge on any atom is -0.493 e. The summed E-state index contributed by atoms with van der Waals surface area (Å²) in [6.45, 7) is 0. The third kappa shape index (κ3) is 1.63. The SMILES string of the molecule is COc1cccc2c(=O)c(S(C)=O)coc12. The third-order valence-electron chi connectivity index (χ3n) is 2.26. The maximum Gasteiger partial charge on any atom is 0.208 e. The van der Waals surface area contributed by atoms with E-state index in [9.17, 15) is 9.00 Å². The van der Waals surface area contributed by atoms with E-state index in [4.69, 9.17) is 9.15 Å². The molecule has 84 valence electrons. The number of rotatable bonds is 2. The van der Waals surface area contributed by atoms with Gasteiger partial charge in [-0.15, -0.1) is 0 Å². The van der Waals surface area contributed by atoms with Crippen LogP contribution in [0.4, 0.5) is 0 Å². The first-order valence-corrected chi connectivity index (χ1v) is 6.13. The average molecular weight is 238 g/mol. The van der Waals surface area contributed by atoms with Gasteiger partial charge in [0.05, 0.1) is 23.3 Å². The van der Waals surface area contributed by atoms with Crippen molar-refractivity contribution in [3.8, 4) is 5.75 Å². The molecule has 0 aliphatic carbocycles. The number of benzene rings is 1. The second kappa shape index (κ2) is 4.09. The number of methoxy groups -OCH3 is 1. The summed E-state index contributed by atoms with van der Waals surface area (Å²) in [5, 5.41) is 0.382. The van der Waals surface area contributed by atoms with Gasteiger partial charge in [0.2, 0.25) is 5.43 Å². The number of hydrogen-bond acceptors (Lipinski definition) is 4. The molecule has 5 heteroatoms. The Labute approximate surface area is 94.3 Å². The predicted molar refractivity (Wildman–Crippen MR) is 61.4 cm³/mol. The van der Waals surface area contributed by atoms with Gasteiger partial charge in [-0.05, 0) is 12.1 Å². The Morgan fingerprint density at radius 2 is 2.12 bits per heavy atom. The Balaban J connectivity index is 2.87. The van der Waals surface area contributed by atoms with Gasteiger partial charge in [-0.3, -0.25) is 9.00 Å². The molecule has 4 nitrogen and oxygen atoms in total. The zero-order valence-corrected chi connectivity index (χ0v) is 9.67. The normalized spacial score (nSPS) is 12.6. The Morgan fingerprint density at radius 1 is 1.38 bits per heavy atom. The van der Waals surface area contributed by atoms with Crippen LogP contribution in [0, 0.1) is 0 Å².